The van der Waals surface area contributed by atoms with Crippen molar-refractivity contribution in [2.45, 2.75) is 6.42 Å². The second-order valence-electron chi connectivity index (χ2n) is 4.31. The SMILES string of the molecule is COc1ccc(OCCCS(C)(=O)=O)c([B-](F)(F)F)c1.[K+]. The van der Waals surface area contributed by atoms with Gasteiger partial charge in [-0.2, -0.15) is 0 Å². The van der Waals surface area contributed by atoms with E-state index in [9.17, 15) is 21.4 Å². The van der Waals surface area contributed by atoms with E-state index in [1.807, 2.05) is 0 Å². The molecule has 0 bridgehead atoms. The summed E-state index contributed by atoms with van der Waals surface area (Å²) in [5, 5.41) is 0. The van der Waals surface area contributed by atoms with Gasteiger partial charge in [0.2, 0.25) is 0 Å². The number of hydrogen-bond acceptors (Lipinski definition) is 4. The number of methoxy groups -OCH3 is 1. The van der Waals surface area contributed by atoms with Crippen molar-refractivity contribution in [3.63, 3.8) is 0 Å². The molecule has 1 rings (SSSR count). The van der Waals surface area contributed by atoms with Crippen LogP contribution in [-0.2, 0) is 9.84 Å². The van der Waals surface area contributed by atoms with Crippen molar-refractivity contribution in [3.8, 4) is 11.5 Å². The number of sulfone groups is 1. The van der Waals surface area contributed by atoms with Gasteiger partial charge in [0, 0.05) is 6.26 Å². The van der Waals surface area contributed by atoms with Crippen LogP contribution in [0.4, 0.5) is 12.9 Å². The monoisotopic (exact) mass is 350 g/mol. The summed E-state index contributed by atoms with van der Waals surface area (Å²) >= 11 is 0. The second kappa shape index (κ2) is 8.78. The van der Waals surface area contributed by atoms with Crippen molar-refractivity contribution in [1.82, 2.24) is 0 Å². The number of halogens is 3. The molecular weight excluding hydrogens is 335 g/mol. The van der Waals surface area contributed by atoms with Crippen molar-refractivity contribution in [2.75, 3.05) is 25.7 Å². The van der Waals surface area contributed by atoms with E-state index < -0.39 is 22.3 Å². The van der Waals surface area contributed by atoms with Crippen LogP contribution in [0, 0.1) is 0 Å². The summed E-state index contributed by atoms with van der Waals surface area (Å²) in [7, 11) is -1.87. The zero-order valence-corrected chi connectivity index (χ0v) is 16.0. The molecule has 4 nitrogen and oxygen atoms in total. The van der Waals surface area contributed by atoms with E-state index >= 15 is 0 Å². The van der Waals surface area contributed by atoms with Crippen molar-refractivity contribution in [1.29, 1.82) is 0 Å². The van der Waals surface area contributed by atoms with Gasteiger partial charge in [-0.1, -0.05) is 5.46 Å². The van der Waals surface area contributed by atoms with Crippen LogP contribution in [-0.4, -0.2) is 41.1 Å². The van der Waals surface area contributed by atoms with Crippen LogP contribution in [0.5, 0.6) is 11.5 Å². The summed E-state index contributed by atoms with van der Waals surface area (Å²) in [5.41, 5.74) is -0.885. The van der Waals surface area contributed by atoms with Crippen LogP contribution in [0.3, 0.4) is 0 Å². The topological polar surface area (TPSA) is 52.6 Å². The van der Waals surface area contributed by atoms with E-state index in [4.69, 9.17) is 9.47 Å². The van der Waals surface area contributed by atoms with Crippen LogP contribution in [0.25, 0.3) is 0 Å². The molecule has 0 aliphatic carbocycles. The average molecular weight is 350 g/mol. The molecule has 0 saturated carbocycles. The van der Waals surface area contributed by atoms with E-state index in [2.05, 4.69) is 0 Å². The maximum absolute atomic E-state index is 12.9. The Bertz CT molecular complexity index is 563. The fourth-order valence-corrected chi connectivity index (χ4v) is 2.19. The Balaban J connectivity index is 0.00000400. The molecule has 0 heterocycles. The predicted molar refractivity (Wildman–Crippen MR) is 71.5 cm³/mol. The van der Waals surface area contributed by atoms with Crippen LogP contribution in [0.1, 0.15) is 6.42 Å². The van der Waals surface area contributed by atoms with Crippen molar-refractivity contribution < 1.29 is 82.2 Å². The van der Waals surface area contributed by atoms with Gasteiger partial charge in [0.1, 0.15) is 15.6 Å². The van der Waals surface area contributed by atoms with E-state index in [1.54, 1.807) is 0 Å². The molecule has 114 valence electrons. The quantitative estimate of drug-likeness (QED) is 0.447. The number of benzene rings is 1. The van der Waals surface area contributed by atoms with E-state index in [-0.39, 0.29) is 81.7 Å². The molecule has 0 saturated heterocycles. The largest absolute Gasteiger partial charge is 1.00 e. The molecule has 0 amide bonds. The fourth-order valence-electron chi connectivity index (χ4n) is 1.54. The zero-order chi connectivity index (χ0) is 15.4. The van der Waals surface area contributed by atoms with Crippen LogP contribution >= 0.6 is 0 Å². The Hall–Kier alpha value is 0.261. The van der Waals surface area contributed by atoms with E-state index in [1.165, 1.54) is 19.2 Å². The van der Waals surface area contributed by atoms with E-state index in [0.717, 1.165) is 12.3 Å². The Kier molecular flexibility index (Phi) is 8.89. The van der Waals surface area contributed by atoms with Gasteiger partial charge in [-0.25, -0.2) is 8.42 Å². The normalized spacial score (nSPS) is 11.7. The van der Waals surface area contributed by atoms with Gasteiger partial charge in [0.05, 0.1) is 25.2 Å². The summed E-state index contributed by atoms with van der Waals surface area (Å²) in [6, 6.07) is 3.40. The molecule has 0 fully saturated rings. The van der Waals surface area contributed by atoms with Crippen molar-refractivity contribution >= 4 is 22.3 Å². The minimum Gasteiger partial charge on any atom is -0.497 e. The second-order valence-corrected chi connectivity index (χ2v) is 6.57. The summed E-state index contributed by atoms with van der Waals surface area (Å²) in [4.78, 5) is 0. The maximum Gasteiger partial charge on any atom is 1.00 e. The molecule has 0 radical (unpaired) electrons. The molecule has 0 spiro atoms. The van der Waals surface area contributed by atoms with Gasteiger partial charge in [-0.15, -0.1) is 0 Å². The molecule has 1 aromatic carbocycles. The fraction of sp³-hybridized carbons (Fsp3) is 0.455. The van der Waals surface area contributed by atoms with E-state index in [0.29, 0.717) is 0 Å². The Labute approximate surface area is 164 Å². The standard InChI is InChI=1S/C11H15BF3O4S.K/c1-18-9-4-5-11(10(8-9)12(13,14)15)19-6-3-7-20(2,16)17;/h4-5,8H,3,6-7H2,1-2H3;/q-1;+1. The summed E-state index contributed by atoms with van der Waals surface area (Å²) in [6.45, 7) is -5.33. The number of hydrogen-bond donors (Lipinski definition) is 0. The minimum absolute atomic E-state index is 0. The zero-order valence-electron chi connectivity index (χ0n) is 12.1. The minimum atomic E-state index is -5.23. The summed E-state index contributed by atoms with van der Waals surface area (Å²) < 4.78 is 70.3. The summed E-state index contributed by atoms with van der Waals surface area (Å²) in [5.74, 6) is -0.357. The van der Waals surface area contributed by atoms with Crippen molar-refractivity contribution in [2.24, 2.45) is 0 Å². The molecule has 0 aromatic heterocycles. The van der Waals surface area contributed by atoms with Crippen LogP contribution < -0.4 is 66.3 Å². The molecule has 0 aliphatic rings. The van der Waals surface area contributed by atoms with Gasteiger partial charge in [0.25, 0.3) is 0 Å². The molecule has 21 heavy (non-hydrogen) atoms. The molecule has 10 heteroatoms. The first-order chi connectivity index (χ1) is 9.13. The molecule has 0 unspecified atom stereocenters. The third-order valence-electron chi connectivity index (χ3n) is 2.49. The first-order valence-electron chi connectivity index (χ1n) is 5.82. The van der Waals surface area contributed by atoms with Gasteiger partial charge >= 0.3 is 58.4 Å². The molecule has 0 atom stereocenters. The Morgan fingerprint density at radius 3 is 2.33 bits per heavy atom. The predicted octanol–water partition coefficient (Wildman–Crippen LogP) is -1.43. The molecule has 1 aromatic rings. The average Bonchev–Trinajstić information content (AvgIpc) is 2.32. The number of rotatable bonds is 7. The molecule has 0 aliphatic heterocycles. The maximum atomic E-state index is 12.9. The Morgan fingerprint density at radius 2 is 1.86 bits per heavy atom. The molecule has 0 N–H and O–H groups in total. The first-order valence-corrected chi connectivity index (χ1v) is 7.88. The van der Waals surface area contributed by atoms with Gasteiger partial charge < -0.3 is 22.4 Å². The number of ether oxygens (including phenoxy) is 2. The van der Waals surface area contributed by atoms with Crippen molar-refractivity contribution in [3.05, 3.63) is 18.2 Å². The van der Waals surface area contributed by atoms with Gasteiger partial charge in [-0.3, -0.25) is 0 Å². The van der Waals surface area contributed by atoms with Crippen LogP contribution in [0.2, 0.25) is 0 Å². The van der Waals surface area contributed by atoms with Crippen LogP contribution in [0.15, 0.2) is 18.2 Å². The third-order valence-corrected chi connectivity index (χ3v) is 3.52. The van der Waals surface area contributed by atoms with Gasteiger partial charge in [0.15, 0.2) is 0 Å². The first kappa shape index (κ1) is 21.3. The summed E-state index contributed by atoms with van der Waals surface area (Å²) in [6.07, 6.45) is 1.19. The third kappa shape index (κ3) is 7.89. The van der Waals surface area contributed by atoms with Gasteiger partial charge in [-0.05, 0) is 24.6 Å². The Morgan fingerprint density at radius 1 is 1.24 bits per heavy atom. The smallest absolute Gasteiger partial charge is 0.497 e. The molecular formula is C11H15BF3KO4S.